The largest absolute Gasteiger partial charge is 0.468 e. The Kier molecular flexibility index (Phi) is 4.29. The van der Waals surface area contributed by atoms with Crippen molar-refractivity contribution in [2.45, 2.75) is 31.6 Å². The van der Waals surface area contributed by atoms with Gasteiger partial charge in [-0.1, -0.05) is 0 Å². The molecule has 1 fully saturated rings. The quantitative estimate of drug-likeness (QED) is 0.765. The maximum absolute atomic E-state index is 12.3. The number of hydrogen-bond acceptors (Lipinski definition) is 3. The summed E-state index contributed by atoms with van der Waals surface area (Å²) in [5, 5.41) is 3.08. The van der Waals surface area contributed by atoms with Crippen molar-refractivity contribution in [2.75, 3.05) is 19.6 Å². The van der Waals surface area contributed by atoms with Crippen LogP contribution in [0.4, 0.5) is 13.2 Å². The van der Waals surface area contributed by atoms with Gasteiger partial charge in [-0.2, -0.15) is 13.2 Å². The summed E-state index contributed by atoms with van der Waals surface area (Å²) in [6.07, 6.45) is -0.761. The fourth-order valence-electron chi connectivity index (χ4n) is 1.91. The van der Waals surface area contributed by atoms with Crippen molar-refractivity contribution in [3.05, 3.63) is 24.2 Å². The first-order valence-electron chi connectivity index (χ1n) is 6.08. The first kappa shape index (κ1) is 13.4. The molecule has 2 rings (SSSR count). The molecule has 1 aliphatic carbocycles. The van der Waals surface area contributed by atoms with E-state index in [1.807, 2.05) is 6.07 Å². The number of nitrogens with one attached hydrogen (secondary N) is 1. The molecule has 0 aromatic carbocycles. The molecule has 1 aromatic heterocycles. The number of hydrogen-bond donors (Lipinski definition) is 1. The third kappa shape index (κ3) is 4.70. The van der Waals surface area contributed by atoms with Crippen LogP contribution in [0, 0.1) is 0 Å². The first-order chi connectivity index (χ1) is 8.54. The highest BCUT2D eigenvalue weighted by molar-refractivity contribution is 4.97. The smallest absolute Gasteiger partial charge is 0.401 e. The highest BCUT2D eigenvalue weighted by Crippen LogP contribution is 2.29. The minimum Gasteiger partial charge on any atom is -0.468 e. The molecule has 1 heterocycles. The van der Waals surface area contributed by atoms with E-state index in [1.54, 1.807) is 12.3 Å². The van der Waals surface area contributed by atoms with Crippen LogP contribution in [-0.2, 0) is 6.54 Å². The molecule has 1 N–H and O–H groups in total. The highest BCUT2D eigenvalue weighted by atomic mass is 19.4. The van der Waals surface area contributed by atoms with Gasteiger partial charge in [0, 0.05) is 19.1 Å². The summed E-state index contributed by atoms with van der Waals surface area (Å²) in [5.41, 5.74) is 0. The Labute approximate surface area is 104 Å². The maximum atomic E-state index is 12.3. The first-order valence-corrected chi connectivity index (χ1v) is 6.08. The molecule has 3 nitrogen and oxygen atoms in total. The normalized spacial score (nSPS) is 16.4. The Bertz CT molecular complexity index is 347. The Morgan fingerprint density at radius 2 is 2.17 bits per heavy atom. The van der Waals surface area contributed by atoms with Crippen molar-refractivity contribution in [3.63, 3.8) is 0 Å². The third-order valence-corrected chi connectivity index (χ3v) is 2.90. The standard InChI is InChI=1S/C12H17F3N2O/c13-12(14,15)9-17(10-3-4-10)6-5-16-8-11-2-1-7-18-11/h1-2,7,10,16H,3-6,8-9H2. The summed E-state index contributed by atoms with van der Waals surface area (Å²) in [5.74, 6) is 0.795. The van der Waals surface area contributed by atoms with Gasteiger partial charge in [0.1, 0.15) is 5.76 Å². The average Bonchev–Trinajstić information content (AvgIpc) is 2.99. The van der Waals surface area contributed by atoms with E-state index in [4.69, 9.17) is 4.42 Å². The SMILES string of the molecule is FC(F)(F)CN(CCNCc1ccco1)C1CC1. The Hall–Kier alpha value is -1.01. The minimum atomic E-state index is -4.11. The van der Waals surface area contributed by atoms with Gasteiger partial charge in [-0.15, -0.1) is 0 Å². The van der Waals surface area contributed by atoms with E-state index in [1.165, 1.54) is 4.90 Å². The third-order valence-electron chi connectivity index (χ3n) is 2.90. The summed E-state index contributed by atoms with van der Waals surface area (Å²) in [4.78, 5) is 1.51. The fourth-order valence-corrected chi connectivity index (χ4v) is 1.91. The Balaban J connectivity index is 1.66. The van der Waals surface area contributed by atoms with Crippen molar-refractivity contribution in [1.29, 1.82) is 0 Å². The van der Waals surface area contributed by atoms with Crippen LogP contribution in [0.2, 0.25) is 0 Å². The Morgan fingerprint density at radius 3 is 2.72 bits per heavy atom. The lowest BCUT2D eigenvalue weighted by atomic mass is 10.4. The fraction of sp³-hybridized carbons (Fsp3) is 0.667. The molecule has 0 radical (unpaired) electrons. The minimum absolute atomic E-state index is 0.122. The number of halogens is 3. The maximum Gasteiger partial charge on any atom is 0.401 e. The van der Waals surface area contributed by atoms with Crippen LogP contribution in [0.15, 0.2) is 22.8 Å². The van der Waals surface area contributed by atoms with Crippen molar-refractivity contribution >= 4 is 0 Å². The second-order valence-electron chi connectivity index (χ2n) is 4.57. The van der Waals surface area contributed by atoms with Crippen molar-refractivity contribution < 1.29 is 17.6 Å². The molecule has 0 atom stereocenters. The van der Waals surface area contributed by atoms with Gasteiger partial charge in [-0.3, -0.25) is 4.90 Å². The van der Waals surface area contributed by atoms with E-state index in [-0.39, 0.29) is 6.04 Å². The van der Waals surface area contributed by atoms with Crippen LogP contribution in [0.3, 0.4) is 0 Å². The summed E-state index contributed by atoms with van der Waals surface area (Å²) in [6.45, 7) is 0.704. The molecule has 0 aliphatic heterocycles. The molecule has 0 unspecified atom stereocenters. The van der Waals surface area contributed by atoms with E-state index in [9.17, 15) is 13.2 Å². The van der Waals surface area contributed by atoms with Crippen LogP contribution in [0.1, 0.15) is 18.6 Å². The zero-order valence-electron chi connectivity index (χ0n) is 10.0. The molecule has 1 aromatic rings. The molecule has 0 spiro atoms. The van der Waals surface area contributed by atoms with E-state index in [0.29, 0.717) is 19.6 Å². The summed E-state index contributed by atoms with van der Waals surface area (Å²) < 4.78 is 42.2. The van der Waals surface area contributed by atoms with Gasteiger partial charge in [0.2, 0.25) is 0 Å². The van der Waals surface area contributed by atoms with Crippen LogP contribution >= 0.6 is 0 Å². The van der Waals surface area contributed by atoms with E-state index >= 15 is 0 Å². The van der Waals surface area contributed by atoms with Gasteiger partial charge in [-0.25, -0.2) is 0 Å². The number of furan rings is 1. The van der Waals surface area contributed by atoms with Gasteiger partial charge in [0.25, 0.3) is 0 Å². The zero-order valence-corrected chi connectivity index (χ0v) is 10.0. The van der Waals surface area contributed by atoms with Crippen molar-refractivity contribution in [1.82, 2.24) is 10.2 Å². The average molecular weight is 262 g/mol. The predicted molar refractivity (Wildman–Crippen MR) is 61.1 cm³/mol. The van der Waals surface area contributed by atoms with E-state index < -0.39 is 12.7 Å². The predicted octanol–water partition coefficient (Wildman–Crippen LogP) is 2.40. The highest BCUT2D eigenvalue weighted by Gasteiger charge is 2.37. The van der Waals surface area contributed by atoms with Gasteiger partial charge >= 0.3 is 6.18 Å². The molecule has 1 saturated carbocycles. The lowest BCUT2D eigenvalue weighted by Crippen LogP contribution is -2.40. The van der Waals surface area contributed by atoms with Crippen LogP contribution in [0.5, 0.6) is 0 Å². The van der Waals surface area contributed by atoms with Crippen LogP contribution < -0.4 is 5.32 Å². The van der Waals surface area contributed by atoms with Gasteiger partial charge in [0.15, 0.2) is 0 Å². The Morgan fingerprint density at radius 1 is 1.39 bits per heavy atom. The summed E-state index contributed by atoms with van der Waals surface area (Å²) in [6, 6.07) is 3.75. The monoisotopic (exact) mass is 262 g/mol. The molecule has 0 saturated heterocycles. The van der Waals surface area contributed by atoms with Crippen molar-refractivity contribution in [3.8, 4) is 0 Å². The lowest BCUT2D eigenvalue weighted by Gasteiger charge is -2.23. The van der Waals surface area contributed by atoms with Gasteiger partial charge in [-0.05, 0) is 25.0 Å². The van der Waals surface area contributed by atoms with Gasteiger partial charge in [0.05, 0.1) is 19.4 Å². The second-order valence-corrected chi connectivity index (χ2v) is 4.57. The van der Waals surface area contributed by atoms with E-state index in [0.717, 1.165) is 18.6 Å². The summed E-state index contributed by atoms with van der Waals surface area (Å²) in [7, 11) is 0. The molecule has 1 aliphatic rings. The molecule has 102 valence electrons. The number of rotatable bonds is 7. The van der Waals surface area contributed by atoms with Gasteiger partial charge < -0.3 is 9.73 Å². The van der Waals surface area contributed by atoms with Crippen molar-refractivity contribution in [2.24, 2.45) is 0 Å². The van der Waals surface area contributed by atoms with Crippen LogP contribution in [0.25, 0.3) is 0 Å². The number of nitrogens with zero attached hydrogens (tertiary/aromatic N) is 1. The van der Waals surface area contributed by atoms with E-state index in [2.05, 4.69) is 5.32 Å². The zero-order chi connectivity index (χ0) is 13.0. The molecule has 0 bridgehead atoms. The lowest BCUT2D eigenvalue weighted by molar-refractivity contribution is -0.147. The molecule has 0 amide bonds. The second kappa shape index (κ2) is 5.75. The molecule has 18 heavy (non-hydrogen) atoms. The molecular formula is C12H17F3N2O. The summed E-state index contributed by atoms with van der Waals surface area (Å²) >= 11 is 0. The topological polar surface area (TPSA) is 28.4 Å². The number of alkyl halides is 3. The molecular weight excluding hydrogens is 245 g/mol. The molecule has 6 heteroatoms. The van der Waals surface area contributed by atoms with Crippen LogP contribution in [-0.4, -0.2) is 36.8 Å².